The van der Waals surface area contributed by atoms with E-state index in [1.807, 2.05) is 13.8 Å². The molecule has 0 unspecified atom stereocenters. The number of carbonyl (C=O) groups excluding carboxylic acids is 1. The Labute approximate surface area is 156 Å². The Bertz CT molecular complexity index is 1070. The molecule has 3 aromatic rings. The number of carbonyl (C=O) groups is 1. The van der Waals surface area contributed by atoms with E-state index in [4.69, 9.17) is 4.74 Å². The van der Waals surface area contributed by atoms with Gasteiger partial charge in [-0.3, -0.25) is 14.3 Å². The summed E-state index contributed by atoms with van der Waals surface area (Å²) >= 11 is 0. The highest BCUT2D eigenvalue weighted by Crippen LogP contribution is 2.37. The van der Waals surface area contributed by atoms with Crippen molar-refractivity contribution in [1.29, 1.82) is 0 Å². The number of aromatic amines is 1. The number of benzene rings is 1. The van der Waals surface area contributed by atoms with E-state index in [1.165, 1.54) is 0 Å². The summed E-state index contributed by atoms with van der Waals surface area (Å²) in [6.07, 6.45) is -0.0593. The van der Waals surface area contributed by atoms with Crippen molar-refractivity contribution < 1.29 is 14.6 Å². The SMILES string of the molecule is CCOC(=O)C[C@H](c1c(C)nn(C)c1C)c1c(O)c2ccccc2[nH]c1=O. The number of fused-ring (bicyclic) bond motifs is 1. The van der Waals surface area contributed by atoms with Gasteiger partial charge in [-0.05, 0) is 32.9 Å². The summed E-state index contributed by atoms with van der Waals surface area (Å²) in [4.78, 5) is 27.9. The lowest BCUT2D eigenvalue weighted by Gasteiger charge is -2.19. The molecule has 142 valence electrons. The monoisotopic (exact) mass is 369 g/mol. The number of nitrogens with zero attached hydrogens (tertiary/aromatic N) is 2. The van der Waals surface area contributed by atoms with Gasteiger partial charge in [-0.25, -0.2) is 0 Å². The van der Waals surface area contributed by atoms with Crippen LogP contribution < -0.4 is 5.56 Å². The van der Waals surface area contributed by atoms with Crippen molar-refractivity contribution in [2.24, 2.45) is 7.05 Å². The van der Waals surface area contributed by atoms with Crippen LogP contribution in [-0.4, -0.2) is 32.4 Å². The fraction of sp³-hybridized carbons (Fsp3) is 0.350. The molecular weight excluding hydrogens is 346 g/mol. The molecule has 0 saturated heterocycles. The van der Waals surface area contributed by atoms with Crippen LogP contribution in [-0.2, 0) is 16.6 Å². The maximum Gasteiger partial charge on any atom is 0.306 e. The quantitative estimate of drug-likeness (QED) is 0.674. The zero-order valence-electron chi connectivity index (χ0n) is 15.9. The first kappa shape index (κ1) is 18.7. The second-order valence-electron chi connectivity index (χ2n) is 6.53. The zero-order valence-corrected chi connectivity index (χ0v) is 15.9. The van der Waals surface area contributed by atoms with Gasteiger partial charge in [0.1, 0.15) is 5.75 Å². The summed E-state index contributed by atoms with van der Waals surface area (Å²) in [5, 5.41) is 15.8. The highest BCUT2D eigenvalue weighted by molar-refractivity contribution is 5.86. The number of aromatic nitrogens is 3. The minimum Gasteiger partial charge on any atom is -0.507 e. The summed E-state index contributed by atoms with van der Waals surface area (Å²) in [7, 11) is 1.80. The van der Waals surface area contributed by atoms with Crippen molar-refractivity contribution in [3.8, 4) is 5.75 Å². The number of para-hydroxylation sites is 1. The maximum atomic E-state index is 12.8. The van der Waals surface area contributed by atoms with E-state index in [2.05, 4.69) is 10.1 Å². The van der Waals surface area contributed by atoms with Crippen molar-refractivity contribution in [3.63, 3.8) is 0 Å². The Hall–Kier alpha value is -3.09. The summed E-state index contributed by atoms with van der Waals surface area (Å²) in [5.41, 5.74) is 2.55. The van der Waals surface area contributed by atoms with Crippen molar-refractivity contribution >= 4 is 16.9 Å². The van der Waals surface area contributed by atoms with Gasteiger partial charge in [0, 0.05) is 29.6 Å². The second-order valence-corrected chi connectivity index (χ2v) is 6.53. The topological polar surface area (TPSA) is 97.2 Å². The third-order valence-corrected chi connectivity index (χ3v) is 4.87. The zero-order chi connectivity index (χ0) is 19.7. The number of hydrogen-bond donors (Lipinski definition) is 2. The van der Waals surface area contributed by atoms with E-state index in [9.17, 15) is 14.7 Å². The van der Waals surface area contributed by atoms with Gasteiger partial charge in [-0.15, -0.1) is 0 Å². The molecule has 27 heavy (non-hydrogen) atoms. The molecule has 2 aromatic heterocycles. The van der Waals surface area contributed by atoms with Gasteiger partial charge in [-0.1, -0.05) is 12.1 Å². The molecule has 0 amide bonds. The van der Waals surface area contributed by atoms with Crippen molar-refractivity contribution in [1.82, 2.24) is 14.8 Å². The van der Waals surface area contributed by atoms with Gasteiger partial charge in [0.15, 0.2) is 0 Å². The van der Waals surface area contributed by atoms with Crippen LogP contribution in [0.1, 0.15) is 41.8 Å². The molecule has 0 bridgehead atoms. The number of pyridine rings is 1. The van der Waals surface area contributed by atoms with Crippen LogP contribution in [0.15, 0.2) is 29.1 Å². The van der Waals surface area contributed by atoms with E-state index in [0.717, 1.165) is 11.3 Å². The maximum absolute atomic E-state index is 12.8. The first-order valence-electron chi connectivity index (χ1n) is 8.84. The van der Waals surface area contributed by atoms with Crippen LogP contribution in [0.5, 0.6) is 5.75 Å². The second kappa shape index (κ2) is 7.26. The molecule has 2 N–H and O–H groups in total. The molecule has 0 aliphatic heterocycles. The fourth-order valence-corrected chi connectivity index (χ4v) is 3.59. The number of rotatable bonds is 5. The van der Waals surface area contributed by atoms with Crippen LogP contribution in [0.3, 0.4) is 0 Å². The minimum absolute atomic E-state index is 0.0593. The normalized spacial score (nSPS) is 12.3. The van der Waals surface area contributed by atoms with Crippen LogP contribution in [0.4, 0.5) is 0 Å². The van der Waals surface area contributed by atoms with Gasteiger partial charge < -0.3 is 14.8 Å². The van der Waals surface area contributed by atoms with Crippen LogP contribution in [0.2, 0.25) is 0 Å². The molecular formula is C20H23N3O4. The highest BCUT2D eigenvalue weighted by Gasteiger charge is 2.30. The summed E-state index contributed by atoms with van der Waals surface area (Å²) in [5.74, 6) is -1.21. The molecule has 1 atom stereocenters. The highest BCUT2D eigenvalue weighted by atomic mass is 16.5. The predicted octanol–water partition coefficient (Wildman–Crippen LogP) is 2.67. The van der Waals surface area contributed by atoms with Crippen molar-refractivity contribution in [2.75, 3.05) is 6.61 Å². The molecule has 0 radical (unpaired) electrons. The van der Waals surface area contributed by atoms with E-state index < -0.39 is 17.4 Å². The Balaban J connectivity index is 2.26. The first-order valence-corrected chi connectivity index (χ1v) is 8.84. The third-order valence-electron chi connectivity index (χ3n) is 4.87. The average molecular weight is 369 g/mol. The van der Waals surface area contributed by atoms with Crippen molar-refractivity contribution in [2.45, 2.75) is 33.1 Å². The van der Waals surface area contributed by atoms with Crippen LogP contribution in [0.25, 0.3) is 10.9 Å². The molecule has 0 aliphatic carbocycles. The predicted molar refractivity (Wildman–Crippen MR) is 102 cm³/mol. The van der Waals surface area contributed by atoms with Gasteiger partial charge in [0.05, 0.1) is 29.8 Å². The molecule has 1 aromatic carbocycles. The van der Waals surface area contributed by atoms with Crippen LogP contribution in [0, 0.1) is 13.8 Å². The van der Waals surface area contributed by atoms with Gasteiger partial charge >= 0.3 is 5.97 Å². The number of H-pyrrole nitrogens is 1. The van der Waals surface area contributed by atoms with Gasteiger partial charge in [0.2, 0.25) is 0 Å². The number of ether oxygens (including phenoxy) is 1. The van der Waals surface area contributed by atoms with E-state index in [1.54, 1.807) is 42.9 Å². The molecule has 0 spiro atoms. The summed E-state index contributed by atoms with van der Waals surface area (Å²) in [6, 6.07) is 7.02. The molecule has 7 heteroatoms. The number of aryl methyl sites for hydroxylation is 2. The third kappa shape index (κ3) is 3.32. The first-order chi connectivity index (χ1) is 12.8. The lowest BCUT2D eigenvalue weighted by Crippen LogP contribution is -2.21. The molecule has 0 aliphatic rings. The van der Waals surface area contributed by atoms with Gasteiger partial charge in [0.25, 0.3) is 5.56 Å². The Kier molecular flexibility index (Phi) is 5.03. The minimum atomic E-state index is -0.661. The van der Waals surface area contributed by atoms with Gasteiger partial charge in [-0.2, -0.15) is 5.10 Å². The average Bonchev–Trinajstić information content (AvgIpc) is 2.86. The number of esters is 1. The lowest BCUT2D eigenvalue weighted by molar-refractivity contribution is -0.143. The Morgan fingerprint density at radius 3 is 2.63 bits per heavy atom. The molecule has 7 nitrogen and oxygen atoms in total. The van der Waals surface area contributed by atoms with Crippen molar-refractivity contribution in [3.05, 3.63) is 57.1 Å². The Morgan fingerprint density at radius 1 is 1.30 bits per heavy atom. The van der Waals surface area contributed by atoms with E-state index in [0.29, 0.717) is 16.6 Å². The molecule has 2 heterocycles. The smallest absolute Gasteiger partial charge is 0.306 e. The number of aromatic hydroxyl groups is 1. The standard InChI is InChI=1S/C20H23N3O4/c1-5-27-16(24)10-14(17-11(2)22-23(4)12(17)3)18-19(25)13-8-6-7-9-15(13)21-20(18)26/h6-9,14H,5,10H2,1-4H3,(H2,21,25,26)/t14-/m1/s1. The number of hydrogen-bond acceptors (Lipinski definition) is 5. The molecule has 0 fully saturated rings. The number of nitrogens with one attached hydrogen (secondary N) is 1. The van der Waals surface area contributed by atoms with E-state index in [-0.39, 0.29) is 24.3 Å². The summed E-state index contributed by atoms with van der Waals surface area (Å²) in [6.45, 7) is 5.68. The van der Waals surface area contributed by atoms with E-state index >= 15 is 0 Å². The molecule has 0 saturated carbocycles. The summed E-state index contributed by atoms with van der Waals surface area (Å²) < 4.78 is 6.81. The molecule has 3 rings (SSSR count). The fourth-order valence-electron chi connectivity index (χ4n) is 3.59. The lowest BCUT2D eigenvalue weighted by atomic mass is 9.86. The van der Waals surface area contributed by atoms with Crippen LogP contribution >= 0.6 is 0 Å². The largest absolute Gasteiger partial charge is 0.507 e. The Morgan fingerprint density at radius 2 is 2.00 bits per heavy atom.